The first-order valence-corrected chi connectivity index (χ1v) is 3.16. The van der Waals surface area contributed by atoms with Gasteiger partial charge in [0.25, 0.3) is 1.43 Å². The van der Waals surface area contributed by atoms with Crippen LogP contribution in [0.25, 0.3) is 1.43 Å². The third kappa shape index (κ3) is 1.60. The van der Waals surface area contributed by atoms with Crippen LogP contribution in [0.15, 0.2) is 24.3 Å². The van der Waals surface area contributed by atoms with Crippen LogP contribution in [0.2, 0.25) is 0 Å². The highest BCUT2D eigenvalue weighted by Gasteiger charge is 2.06. The average Bonchev–Trinajstić information content (AvgIpc) is 2.17. The predicted molar refractivity (Wildman–Crippen MR) is 40.4 cm³/mol. The first-order valence-electron chi connectivity index (χ1n) is 3.57. The molecule has 0 unspecified atom stereocenters. The minimum atomic E-state index is -1.13. The standard InChI is InChI=1S/C8H6O4/c9-7(10)5-2-1-3-6(4-5)8(11)12/h1-4H,(H,9,10)(H,11,12)/i/hD. The second-order valence-corrected chi connectivity index (χ2v) is 2.17. The minimum absolute atomic E-state index is 0.0112. The lowest BCUT2D eigenvalue weighted by molar-refractivity contribution is 0.0696. The summed E-state index contributed by atoms with van der Waals surface area (Å²) in [6, 6.07) is 5.29. The van der Waals surface area contributed by atoms with Gasteiger partial charge in [0, 0.05) is 0 Å². The van der Waals surface area contributed by atoms with E-state index in [4.69, 9.17) is 6.54 Å². The Balaban J connectivity index is 3.05. The summed E-state index contributed by atoms with van der Waals surface area (Å²) in [7, 11) is 0. The maximum atomic E-state index is 10.8. The molecule has 0 saturated carbocycles. The van der Waals surface area contributed by atoms with E-state index >= 15 is 0 Å². The molecule has 0 amide bonds. The summed E-state index contributed by atoms with van der Waals surface area (Å²) in [5.74, 6) is -2.00. The van der Waals surface area contributed by atoms with Crippen molar-refractivity contribution >= 4 is 11.9 Å². The van der Waals surface area contributed by atoms with Gasteiger partial charge >= 0.3 is 11.9 Å². The molecule has 0 heterocycles. The van der Waals surface area contributed by atoms with Crippen LogP contribution in [0.4, 0.5) is 0 Å². The second kappa shape index (κ2) is 3.04. The third-order valence-electron chi connectivity index (χ3n) is 1.35. The van der Waals surface area contributed by atoms with Crippen LogP contribution in [0.3, 0.4) is 0 Å². The van der Waals surface area contributed by atoms with Crippen molar-refractivity contribution in [1.29, 1.82) is 1.43 Å². The van der Waals surface area contributed by atoms with Crippen LogP contribution < -0.4 is 0 Å². The van der Waals surface area contributed by atoms with Gasteiger partial charge in [-0.2, -0.15) is 0 Å². The molecule has 0 saturated heterocycles. The van der Waals surface area contributed by atoms with E-state index in [9.17, 15) is 9.59 Å². The molecule has 2 N–H and O–H groups in total. The fourth-order valence-electron chi connectivity index (χ4n) is 0.779. The molecule has 62 valence electrons. The van der Waals surface area contributed by atoms with Gasteiger partial charge in [0.05, 0.1) is 11.1 Å². The van der Waals surface area contributed by atoms with Crippen LogP contribution in [0.1, 0.15) is 20.7 Å². The number of carboxylic acids is 2. The van der Waals surface area contributed by atoms with Gasteiger partial charge in [-0.05, 0) is 18.2 Å². The van der Waals surface area contributed by atoms with E-state index in [1.165, 1.54) is 18.2 Å². The van der Waals surface area contributed by atoms with E-state index in [-0.39, 0.29) is 11.1 Å². The molecule has 0 atom stereocenters. The van der Waals surface area contributed by atoms with Crippen LogP contribution >= 0.6 is 0 Å². The average molecular weight is 167 g/mol. The molecule has 0 aliphatic rings. The largest absolute Gasteiger partial charge is 0.478 e. The van der Waals surface area contributed by atoms with E-state index < -0.39 is 11.9 Å². The summed E-state index contributed by atoms with van der Waals surface area (Å²) in [6.07, 6.45) is 0. The monoisotopic (exact) mass is 167 g/mol. The van der Waals surface area contributed by atoms with E-state index in [1.807, 2.05) is 0 Å². The highest BCUT2D eigenvalue weighted by molar-refractivity contribution is 5.93. The van der Waals surface area contributed by atoms with E-state index in [0.717, 1.165) is 6.07 Å². The SMILES string of the molecule is [2H]OC(=O)c1cccc(C(=O)O)c1. The lowest BCUT2D eigenvalue weighted by Crippen LogP contribution is -2.01. The first-order chi connectivity index (χ1) is 6.15. The summed E-state index contributed by atoms with van der Waals surface area (Å²) in [4.78, 5) is 21.3. The third-order valence-corrected chi connectivity index (χ3v) is 1.35. The molecule has 0 spiro atoms. The van der Waals surface area contributed by atoms with Gasteiger partial charge in [0.15, 0.2) is 0 Å². The Hall–Kier alpha value is -1.84. The van der Waals surface area contributed by atoms with Crippen molar-refractivity contribution in [2.45, 2.75) is 0 Å². The molecule has 0 radical (unpaired) electrons. The van der Waals surface area contributed by atoms with Crippen molar-refractivity contribution < 1.29 is 19.8 Å². The van der Waals surface area contributed by atoms with Gasteiger partial charge in [-0.3, -0.25) is 0 Å². The Morgan fingerprint density at radius 1 is 1.25 bits per heavy atom. The Morgan fingerprint density at radius 2 is 1.83 bits per heavy atom. The number of benzene rings is 1. The lowest BCUT2D eigenvalue weighted by Gasteiger charge is -1.95. The molecule has 12 heavy (non-hydrogen) atoms. The quantitative estimate of drug-likeness (QED) is 0.691. The fraction of sp³-hybridized carbons (Fsp3) is 0. The topological polar surface area (TPSA) is 74.6 Å². The Labute approximate surface area is 69.6 Å². The number of aromatic carboxylic acids is 2. The van der Waals surface area contributed by atoms with Crippen molar-refractivity contribution in [3.05, 3.63) is 35.4 Å². The van der Waals surface area contributed by atoms with Gasteiger partial charge in [-0.1, -0.05) is 6.07 Å². The Kier molecular flexibility index (Phi) is 1.74. The molecule has 0 aliphatic carbocycles. The number of hydrogen-bond acceptors (Lipinski definition) is 3. The molecule has 1 aromatic carbocycles. The molecule has 0 bridgehead atoms. The number of rotatable bonds is 2. The fourth-order valence-corrected chi connectivity index (χ4v) is 0.779. The van der Waals surface area contributed by atoms with Crippen LogP contribution in [-0.2, 0) is 0 Å². The van der Waals surface area contributed by atoms with Crippen molar-refractivity contribution in [2.24, 2.45) is 0 Å². The molecule has 0 aromatic heterocycles. The zero-order valence-electron chi connectivity index (χ0n) is 6.98. The predicted octanol–water partition coefficient (Wildman–Crippen LogP) is 1.08. The maximum Gasteiger partial charge on any atom is 0.335 e. The van der Waals surface area contributed by atoms with E-state index in [1.54, 1.807) is 0 Å². The zero-order chi connectivity index (χ0) is 9.84. The molecule has 1 rings (SSSR count). The Bertz CT molecular complexity index is 348. The van der Waals surface area contributed by atoms with Gasteiger partial charge in [0.1, 0.15) is 0 Å². The summed E-state index contributed by atoms with van der Waals surface area (Å²) < 4.78 is 6.33. The van der Waals surface area contributed by atoms with Crippen molar-refractivity contribution in [1.82, 2.24) is 0 Å². The maximum absolute atomic E-state index is 10.8. The van der Waals surface area contributed by atoms with Gasteiger partial charge in [-0.15, -0.1) is 0 Å². The smallest absolute Gasteiger partial charge is 0.335 e. The number of carboxylic acid groups (broad SMARTS) is 2. The van der Waals surface area contributed by atoms with Gasteiger partial charge in [-0.25, -0.2) is 9.59 Å². The van der Waals surface area contributed by atoms with E-state index in [0.29, 0.717) is 0 Å². The van der Waals surface area contributed by atoms with Gasteiger partial charge in [0.2, 0.25) is 0 Å². The normalized spacial score (nSPS) is 10.2. The first kappa shape index (κ1) is 6.84. The summed E-state index contributed by atoms with van der Waals surface area (Å²) >= 11 is 0. The molecule has 4 heteroatoms. The number of hydrogen-bond donors (Lipinski definition) is 2. The molecule has 0 aliphatic heterocycles. The van der Waals surface area contributed by atoms with Crippen LogP contribution in [-0.4, -0.2) is 22.2 Å². The number of carbonyl (C=O) groups is 2. The van der Waals surface area contributed by atoms with Crippen LogP contribution in [0.5, 0.6) is 0 Å². The van der Waals surface area contributed by atoms with Gasteiger partial charge < -0.3 is 10.2 Å². The molecule has 0 fully saturated rings. The molecular formula is C8H6O4. The van der Waals surface area contributed by atoms with Crippen molar-refractivity contribution in [2.75, 3.05) is 0 Å². The van der Waals surface area contributed by atoms with E-state index in [2.05, 4.69) is 5.11 Å². The summed E-state index contributed by atoms with van der Waals surface area (Å²) in [6.45, 7) is 0. The second-order valence-electron chi connectivity index (χ2n) is 2.17. The van der Waals surface area contributed by atoms with Crippen LogP contribution in [0, 0.1) is 0 Å². The molecular weight excluding hydrogens is 160 g/mol. The summed E-state index contributed by atoms with van der Waals surface area (Å²) in [5, 5.41) is 12.3. The minimum Gasteiger partial charge on any atom is -0.478 e. The van der Waals surface area contributed by atoms with Crippen molar-refractivity contribution in [3.63, 3.8) is 0 Å². The highest BCUT2D eigenvalue weighted by atomic mass is 16.4. The molecule has 1 aromatic rings. The Morgan fingerprint density at radius 3 is 2.33 bits per heavy atom. The highest BCUT2D eigenvalue weighted by Crippen LogP contribution is 2.04. The lowest BCUT2D eigenvalue weighted by atomic mass is 10.1. The zero-order valence-corrected chi connectivity index (χ0v) is 5.98. The molecule has 4 nitrogen and oxygen atoms in total. The summed E-state index contributed by atoms with van der Waals surface area (Å²) in [5.41, 5.74) is 0.0396. The van der Waals surface area contributed by atoms with Crippen molar-refractivity contribution in [3.8, 4) is 0 Å².